The predicted octanol–water partition coefficient (Wildman–Crippen LogP) is 2.21. The van der Waals surface area contributed by atoms with Crippen molar-refractivity contribution in [2.75, 3.05) is 48.6 Å². The molecule has 1 aliphatic rings. The lowest BCUT2D eigenvalue weighted by molar-refractivity contribution is 0.360. The maximum absolute atomic E-state index is 12.6. The molecule has 0 aliphatic carbocycles. The molecule has 3 N–H and O–H groups in total. The standard InChI is InChI=1S/C18H24N4O2S/c1-21-10-5-11-22(13-12-21)18-9-8-16(14-17(18)19)25(23,24)20-15-6-3-2-4-7-15/h2-4,6-9,14,20H,5,10-13,19H2,1H3. The monoisotopic (exact) mass is 360 g/mol. The van der Waals surface area contributed by atoms with Crippen molar-refractivity contribution in [3.63, 3.8) is 0 Å². The molecule has 0 unspecified atom stereocenters. The van der Waals surface area contributed by atoms with Crippen molar-refractivity contribution >= 4 is 27.1 Å². The van der Waals surface area contributed by atoms with E-state index in [4.69, 9.17) is 5.73 Å². The largest absolute Gasteiger partial charge is 0.397 e. The first kappa shape index (κ1) is 17.6. The molecule has 7 heteroatoms. The zero-order chi connectivity index (χ0) is 17.9. The second-order valence-corrected chi connectivity index (χ2v) is 8.02. The van der Waals surface area contributed by atoms with Crippen LogP contribution in [0, 0.1) is 0 Å². The molecular weight excluding hydrogens is 336 g/mol. The molecule has 1 heterocycles. The second kappa shape index (κ2) is 7.33. The molecule has 3 rings (SSSR count). The third-order valence-electron chi connectivity index (χ3n) is 4.40. The van der Waals surface area contributed by atoms with E-state index in [1.165, 1.54) is 6.07 Å². The molecule has 134 valence electrons. The van der Waals surface area contributed by atoms with E-state index < -0.39 is 10.0 Å². The molecule has 1 saturated heterocycles. The van der Waals surface area contributed by atoms with Crippen LogP contribution in [0.25, 0.3) is 0 Å². The summed E-state index contributed by atoms with van der Waals surface area (Å²) in [5, 5.41) is 0. The van der Waals surface area contributed by atoms with Crippen LogP contribution in [0.5, 0.6) is 0 Å². The van der Waals surface area contributed by atoms with Crippen LogP contribution in [0.1, 0.15) is 6.42 Å². The minimum absolute atomic E-state index is 0.171. The lowest BCUT2D eigenvalue weighted by atomic mass is 10.2. The summed E-state index contributed by atoms with van der Waals surface area (Å²) in [7, 11) is -1.55. The zero-order valence-corrected chi connectivity index (χ0v) is 15.2. The normalized spacial score (nSPS) is 16.4. The van der Waals surface area contributed by atoms with Gasteiger partial charge in [-0.05, 0) is 50.3 Å². The van der Waals surface area contributed by atoms with Gasteiger partial charge in [-0.1, -0.05) is 18.2 Å². The van der Waals surface area contributed by atoms with Crippen molar-refractivity contribution in [1.29, 1.82) is 0 Å². The van der Waals surface area contributed by atoms with Gasteiger partial charge in [0.1, 0.15) is 0 Å². The van der Waals surface area contributed by atoms with Crippen LogP contribution >= 0.6 is 0 Å². The number of rotatable bonds is 4. The number of hydrogen-bond acceptors (Lipinski definition) is 5. The van der Waals surface area contributed by atoms with Gasteiger partial charge in [-0.15, -0.1) is 0 Å². The Kier molecular flexibility index (Phi) is 5.15. The van der Waals surface area contributed by atoms with E-state index in [1.54, 1.807) is 36.4 Å². The van der Waals surface area contributed by atoms with E-state index in [1.807, 2.05) is 6.07 Å². The highest BCUT2D eigenvalue weighted by Gasteiger charge is 2.19. The molecule has 1 fully saturated rings. The van der Waals surface area contributed by atoms with Crippen molar-refractivity contribution in [2.45, 2.75) is 11.3 Å². The first-order chi connectivity index (χ1) is 12.0. The fraction of sp³-hybridized carbons (Fsp3) is 0.333. The Balaban J connectivity index is 1.81. The van der Waals surface area contributed by atoms with Gasteiger partial charge in [-0.2, -0.15) is 0 Å². The number of anilines is 3. The van der Waals surface area contributed by atoms with Gasteiger partial charge in [0.15, 0.2) is 0 Å². The number of benzene rings is 2. The summed E-state index contributed by atoms with van der Waals surface area (Å²) >= 11 is 0. The molecule has 0 atom stereocenters. The third kappa shape index (κ3) is 4.24. The number of sulfonamides is 1. The average Bonchev–Trinajstić information content (AvgIpc) is 2.80. The van der Waals surface area contributed by atoms with Gasteiger partial charge < -0.3 is 15.5 Å². The van der Waals surface area contributed by atoms with E-state index in [0.29, 0.717) is 11.4 Å². The molecular formula is C18H24N4O2S. The number of likely N-dealkylation sites (N-methyl/N-ethyl adjacent to an activating group) is 1. The highest BCUT2D eigenvalue weighted by Crippen LogP contribution is 2.28. The van der Waals surface area contributed by atoms with Crippen LogP contribution in [-0.4, -0.2) is 46.5 Å². The van der Waals surface area contributed by atoms with Gasteiger partial charge in [0.2, 0.25) is 0 Å². The van der Waals surface area contributed by atoms with Gasteiger partial charge in [0.05, 0.1) is 16.3 Å². The molecule has 0 spiro atoms. The lowest BCUT2D eigenvalue weighted by Crippen LogP contribution is -2.29. The Bertz CT molecular complexity index is 824. The number of nitrogens with two attached hydrogens (primary N) is 1. The molecule has 1 aliphatic heterocycles. The number of nitrogens with zero attached hydrogens (tertiary/aromatic N) is 2. The molecule has 0 radical (unpaired) electrons. The van der Waals surface area contributed by atoms with Crippen molar-refractivity contribution < 1.29 is 8.42 Å². The van der Waals surface area contributed by atoms with Crippen LogP contribution in [0.2, 0.25) is 0 Å². The van der Waals surface area contributed by atoms with Gasteiger partial charge in [-0.3, -0.25) is 4.72 Å². The SMILES string of the molecule is CN1CCCN(c2ccc(S(=O)(=O)Nc3ccccc3)cc2N)CC1. The van der Waals surface area contributed by atoms with Crippen LogP contribution in [0.15, 0.2) is 53.4 Å². The molecule has 6 nitrogen and oxygen atoms in total. The maximum Gasteiger partial charge on any atom is 0.261 e. The summed E-state index contributed by atoms with van der Waals surface area (Å²) < 4.78 is 27.7. The van der Waals surface area contributed by atoms with Gasteiger partial charge >= 0.3 is 0 Å². The Morgan fingerprint density at radius 1 is 1.00 bits per heavy atom. The van der Waals surface area contributed by atoms with Crippen molar-refractivity contribution in [2.24, 2.45) is 0 Å². The number of hydrogen-bond donors (Lipinski definition) is 2. The first-order valence-electron chi connectivity index (χ1n) is 8.36. The number of nitrogens with one attached hydrogen (secondary N) is 1. The Morgan fingerprint density at radius 2 is 1.76 bits per heavy atom. The minimum atomic E-state index is -3.66. The van der Waals surface area contributed by atoms with E-state index in [2.05, 4.69) is 21.6 Å². The molecule has 2 aromatic carbocycles. The summed E-state index contributed by atoms with van der Waals surface area (Å²) in [4.78, 5) is 4.68. The molecule has 25 heavy (non-hydrogen) atoms. The van der Waals surface area contributed by atoms with Crippen LogP contribution < -0.4 is 15.4 Å². The fourth-order valence-electron chi connectivity index (χ4n) is 3.00. The Labute approximate surface area is 149 Å². The summed E-state index contributed by atoms with van der Waals surface area (Å²) in [5.41, 5.74) is 8.09. The smallest absolute Gasteiger partial charge is 0.261 e. The fourth-order valence-corrected chi connectivity index (χ4v) is 4.09. The maximum atomic E-state index is 12.6. The summed E-state index contributed by atoms with van der Waals surface area (Å²) in [6, 6.07) is 13.8. The topological polar surface area (TPSA) is 78.7 Å². The number of nitrogen functional groups attached to an aromatic ring is 1. The van der Waals surface area contributed by atoms with Crippen LogP contribution in [0.3, 0.4) is 0 Å². The number of para-hydroxylation sites is 1. The Morgan fingerprint density at radius 3 is 2.48 bits per heavy atom. The first-order valence-corrected chi connectivity index (χ1v) is 9.85. The van der Waals surface area contributed by atoms with E-state index in [9.17, 15) is 8.42 Å². The minimum Gasteiger partial charge on any atom is -0.397 e. The third-order valence-corrected chi connectivity index (χ3v) is 5.77. The summed E-state index contributed by atoms with van der Waals surface area (Å²) in [5.74, 6) is 0. The van der Waals surface area contributed by atoms with Gasteiger partial charge in [0, 0.05) is 25.3 Å². The molecule has 0 saturated carbocycles. The van der Waals surface area contributed by atoms with Crippen LogP contribution in [-0.2, 0) is 10.0 Å². The Hall–Kier alpha value is -2.25. The van der Waals surface area contributed by atoms with Gasteiger partial charge in [0.25, 0.3) is 10.0 Å². The molecule has 0 bridgehead atoms. The summed E-state index contributed by atoms with van der Waals surface area (Å²) in [6.07, 6.45) is 1.06. The van der Waals surface area contributed by atoms with E-state index in [0.717, 1.165) is 38.3 Å². The highest BCUT2D eigenvalue weighted by molar-refractivity contribution is 7.92. The van der Waals surface area contributed by atoms with E-state index >= 15 is 0 Å². The van der Waals surface area contributed by atoms with Gasteiger partial charge in [-0.25, -0.2) is 8.42 Å². The van der Waals surface area contributed by atoms with Crippen molar-refractivity contribution in [1.82, 2.24) is 4.90 Å². The van der Waals surface area contributed by atoms with Crippen molar-refractivity contribution in [3.8, 4) is 0 Å². The zero-order valence-electron chi connectivity index (χ0n) is 14.4. The lowest BCUT2D eigenvalue weighted by Gasteiger charge is -2.24. The molecule has 0 aromatic heterocycles. The summed E-state index contributed by atoms with van der Waals surface area (Å²) in [6.45, 7) is 3.83. The predicted molar refractivity (Wildman–Crippen MR) is 102 cm³/mol. The second-order valence-electron chi connectivity index (χ2n) is 6.34. The average molecular weight is 360 g/mol. The van der Waals surface area contributed by atoms with Crippen LogP contribution in [0.4, 0.5) is 17.1 Å². The van der Waals surface area contributed by atoms with Crippen molar-refractivity contribution in [3.05, 3.63) is 48.5 Å². The molecule has 0 amide bonds. The molecule has 2 aromatic rings. The van der Waals surface area contributed by atoms with E-state index in [-0.39, 0.29) is 4.90 Å². The highest BCUT2D eigenvalue weighted by atomic mass is 32.2. The quantitative estimate of drug-likeness (QED) is 0.818.